The summed E-state index contributed by atoms with van der Waals surface area (Å²) in [5, 5.41) is 0. The van der Waals surface area contributed by atoms with Crippen LogP contribution in [-0.2, 0) is 0 Å². The maximum absolute atomic E-state index is 2.40. The standard InChI is InChI=1S/C12H27N/c1-8-13(7)9-12(5,6)11(4)10(2)3/h10-11H,8-9H2,1-7H3. The molecule has 0 aromatic rings. The molecule has 13 heavy (non-hydrogen) atoms. The summed E-state index contributed by atoms with van der Waals surface area (Å²) in [4.78, 5) is 2.40. The molecule has 0 aliphatic heterocycles. The van der Waals surface area contributed by atoms with E-state index in [0.29, 0.717) is 5.41 Å². The zero-order valence-corrected chi connectivity index (χ0v) is 10.5. The second-order valence-electron chi connectivity index (χ2n) is 5.35. The first-order valence-corrected chi connectivity index (χ1v) is 5.49. The van der Waals surface area contributed by atoms with Crippen LogP contribution < -0.4 is 0 Å². The Kier molecular flexibility index (Phi) is 4.98. The molecule has 80 valence electrons. The van der Waals surface area contributed by atoms with Gasteiger partial charge in [0.15, 0.2) is 0 Å². The molecule has 0 aliphatic rings. The van der Waals surface area contributed by atoms with Gasteiger partial charge in [-0.1, -0.05) is 41.5 Å². The van der Waals surface area contributed by atoms with E-state index in [0.717, 1.165) is 18.4 Å². The molecule has 1 nitrogen and oxygen atoms in total. The topological polar surface area (TPSA) is 3.24 Å². The minimum absolute atomic E-state index is 0.429. The quantitative estimate of drug-likeness (QED) is 0.635. The summed E-state index contributed by atoms with van der Waals surface area (Å²) in [5.74, 6) is 1.56. The molecule has 0 heterocycles. The Hall–Kier alpha value is -0.0400. The summed E-state index contributed by atoms with van der Waals surface area (Å²) in [6.45, 7) is 16.3. The van der Waals surface area contributed by atoms with E-state index in [-0.39, 0.29) is 0 Å². The molecule has 0 radical (unpaired) electrons. The first kappa shape index (κ1) is 13.0. The van der Waals surface area contributed by atoms with E-state index in [1.54, 1.807) is 0 Å². The van der Waals surface area contributed by atoms with Gasteiger partial charge < -0.3 is 4.90 Å². The highest BCUT2D eigenvalue weighted by molar-refractivity contribution is 4.79. The van der Waals surface area contributed by atoms with Crippen LogP contribution in [-0.4, -0.2) is 25.0 Å². The minimum atomic E-state index is 0.429. The molecule has 0 saturated carbocycles. The van der Waals surface area contributed by atoms with Gasteiger partial charge in [0, 0.05) is 6.54 Å². The third-order valence-electron chi connectivity index (χ3n) is 3.45. The maximum Gasteiger partial charge on any atom is 0.00322 e. The highest BCUT2D eigenvalue weighted by Crippen LogP contribution is 2.32. The lowest BCUT2D eigenvalue weighted by molar-refractivity contribution is 0.118. The summed E-state index contributed by atoms with van der Waals surface area (Å²) in [5.41, 5.74) is 0.429. The van der Waals surface area contributed by atoms with E-state index in [1.807, 2.05) is 0 Å². The van der Waals surface area contributed by atoms with E-state index in [9.17, 15) is 0 Å². The van der Waals surface area contributed by atoms with E-state index in [2.05, 4.69) is 53.5 Å². The molecule has 1 unspecified atom stereocenters. The summed E-state index contributed by atoms with van der Waals surface area (Å²) in [6, 6.07) is 0. The van der Waals surface area contributed by atoms with E-state index >= 15 is 0 Å². The van der Waals surface area contributed by atoms with Crippen molar-refractivity contribution >= 4 is 0 Å². The molecule has 0 saturated heterocycles. The Bertz CT molecular complexity index is 138. The molecular weight excluding hydrogens is 158 g/mol. The molecule has 1 atom stereocenters. The van der Waals surface area contributed by atoms with Crippen molar-refractivity contribution in [3.63, 3.8) is 0 Å². The molecule has 0 amide bonds. The number of hydrogen-bond acceptors (Lipinski definition) is 1. The van der Waals surface area contributed by atoms with Gasteiger partial charge in [-0.15, -0.1) is 0 Å². The summed E-state index contributed by atoms with van der Waals surface area (Å²) < 4.78 is 0. The zero-order chi connectivity index (χ0) is 10.6. The average molecular weight is 185 g/mol. The first-order chi connectivity index (χ1) is 5.81. The van der Waals surface area contributed by atoms with Crippen molar-refractivity contribution in [2.75, 3.05) is 20.1 Å². The van der Waals surface area contributed by atoms with Crippen LogP contribution in [0.15, 0.2) is 0 Å². The first-order valence-electron chi connectivity index (χ1n) is 5.49. The van der Waals surface area contributed by atoms with Crippen LogP contribution in [0.4, 0.5) is 0 Å². The van der Waals surface area contributed by atoms with E-state index in [4.69, 9.17) is 0 Å². The molecule has 0 fully saturated rings. The summed E-state index contributed by atoms with van der Waals surface area (Å²) in [7, 11) is 2.20. The van der Waals surface area contributed by atoms with Crippen LogP contribution in [0.5, 0.6) is 0 Å². The lowest BCUT2D eigenvalue weighted by atomic mass is 9.74. The highest BCUT2D eigenvalue weighted by Gasteiger charge is 2.28. The van der Waals surface area contributed by atoms with Gasteiger partial charge in [-0.3, -0.25) is 0 Å². The van der Waals surface area contributed by atoms with Crippen LogP contribution in [0.3, 0.4) is 0 Å². The summed E-state index contributed by atoms with van der Waals surface area (Å²) >= 11 is 0. The number of nitrogens with zero attached hydrogens (tertiary/aromatic N) is 1. The fourth-order valence-corrected chi connectivity index (χ4v) is 1.85. The van der Waals surface area contributed by atoms with Crippen molar-refractivity contribution in [2.45, 2.75) is 41.5 Å². The fourth-order valence-electron chi connectivity index (χ4n) is 1.85. The van der Waals surface area contributed by atoms with Crippen molar-refractivity contribution in [3.8, 4) is 0 Å². The van der Waals surface area contributed by atoms with Gasteiger partial charge in [0.1, 0.15) is 0 Å². The van der Waals surface area contributed by atoms with Crippen LogP contribution >= 0.6 is 0 Å². The Morgan fingerprint density at radius 3 is 1.92 bits per heavy atom. The molecule has 0 bridgehead atoms. The second-order valence-corrected chi connectivity index (χ2v) is 5.35. The largest absolute Gasteiger partial charge is 0.306 e. The number of rotatable bonds is 5. The van der Waals surface area contributed by atoms with Crippen molar-refractivity contribution in [3.05, 3.63) is 0 Å². The average Bonchev–Trinajstić information content (AvgIpc) is 2.01. The van der Waals surface area contributed by atoms with Crippen LogP contribution in [0, 0.1) is 17.3 Å². The van der Waals surface area contributed by atoms with Gasteiger partial charge in [0.2, 0.25) is 0 Å². The van der Waals surface area contributed by atoms with Crippen LogP contribution in [0.1, 0.15) is 41.5 Å². The van der Waals surface area contributed by atoms with Gasteiger partial charge in [-0.05, 0) is 30.8 Å². The van der Waals surface area contributed by atoms with E-state index in [1.165, 1.54) is 6.54 Å². The van der Waals surface area contributed by atoms with Crippen LogP contribution in [0.2, 0.25) is 0 Å². The molecule has 0 aromatic carbocycles. The van der Waals surface area contributed by atoms with Gasteiger partial charge in [0.05, 0.1) is 0 Å². The monoisotopic (exact) mass is 185 g/mol. The van der Waals surface area contributed by atoms with Gasteiger partial charge in [-0.2, -0.15) is 0 Å². The SMILES string of the molecule is CCN(C)CC(C)(C)C(C)C(C)C. The zero-order valence-electron chi connectivity index (χ0n) is 10.5. The molecule has 0 spiro atoms. The molecule has 0 rings (SSSR count). The van der Waals surface area contributed by atoms with Crippen molar-refractivity contribution in [1.82, 2.24) is 4.90 Å². The lowest BCUT2D eigenvalue weighted by Gasteiger charge is -2.37. The van der Waals surface area contributed by atoms with Crippen molar-refractivity contribution in [1.29, 1.82) is 0 Å². The second kappa shape index (κ2) is 4.99. The van der Waals surface area contributed by atoms with Crippen LogP contribution in [0.25, 0.3) is 0 Å². The van der Waals surface area contributed by atoms with Gasteiger partial charge in [-0.25, -0.2) is 0 Å². The fraction of sp³-hybridized carbons (Fsp3) is 1.00. The molecule has 0 N–H and O–H groups in total. The summed E-state index contributed by atoms with van der Waals surface area (Å²) in [6.07, 6.45) is 0. The number of hydrogen-bond donors (Lipinski definition) is 0. The Morgan fingerprint density at radius 1 is 1.15 bits per heavy atom. The molecule has 1 heteroatoms. The van der Waals surface area contributed by atoms with Crippen molar-refractivity contribution in [2.24, 2.45) is 17.3 Å². The molecule has 0 aromatic heterocycles. The third-order valence-corrected chi connectivity index (χ3v) is 3.45. The smallest absolute Gasteiger partial charge is 0.00322 e. The highest BCUT2D eigenvalue weighted by atomic mass is 15.1. The van der Waals surface area contributed by atoms with Gasteiger partial charge >= 0.3 is 0 Å². The molecule has 0 aliphatic carbocycles. The Labute approximate surface area is 84.5 Å². The maximum atomic E-state index is 2.40. The predicted molar refractivity (Wildman–Crippen MR) is 61.0 cm³/mol. The predicted octanol–water partition coefficient (Wildman–Crippen LogP) is 3.26. The third kappa shape index (κ3) is 4.12. The molecular formula is C12H27N. The lowest BCUT2D eigenvalue weighted by Crippen LogP contribution is -2.37. The normalized spacial score (nSPS) is 15.5. The van der Waals surface area contributed by atoms with Crippen molar-refractivity contribution < 1.29 is 0 Å². The minimum Gasteiger partial charge on any atom is -0.306 e. The Balaban J connectivity index is 4.21. The Morgan fingerprint density at radius 2 is 1.62 bits per heavy atom. The van der Waals surface area contributed by atoms with E-state index < -0.39 is 0 Å². The van der Waals surface area contributed by atoms with Gasteiger partial charge in [0.25, 0.3) is 0 Å².